The molecule has 0 bridgehead atoms. The average molecular weight is 531 g/mol. The summed E-state index contributed by atoms with van der Waals surface area (Å²) >= 11 is 0.621. The number of hydrogen-bond donors (Lipinski definition) is 2. The zero-order valence-corrected chi connectivity index (χ0v) is 20.9. The smallest absolute Gasteiger partial charge is 0.358 e. The van der Waals surface area contributed by atoms with Crippen LogP contribution in [0.3, 0.4) is 0 Å². The first kappa shape index (κ1) is 23.9. The molecular weight excluding hydrogens is 505 g/mol. The lowest BCUT2D eigenvalue weighted by Crippen LogP contribution is -2.56. The number of aromatic amines is 2. The van der Waals surface area contributed by atoms with Gasteiger partial charge in [0, 0.05) is 56.4 Å². The number of hydrogen-bond acceptors (Lipinski definition) is 7. The standard InChI is InChI=1S/C24H25F3N8OS/c1-14-11-34(8-9-35(14)19(36)13-33-7-6-16-15(12-33)10-28-32-16)22-20(31-23(37-22)24(25,26)27)21-29-17-4-2-3-5-18(17)30-21/h2-5,10,14H,6-9,11-13H2,1H3,(H,28,32)(H,29,30). The van der Waals surface area contributed by atoms with Gasteiger partial charge in [-0.05, 0) is 19.1 Å². The van der Waals surface area contributed by atoms with Crippen molar-refractivity contribution in [3.63, 3.8) is 0 Å². The van der Waals surface area contributed by atoms with E-state index in [1.807, 2.05) is 34.9 Å². The van der Waals surface area contributed by atoms with Crippen LogP contribution in [0.4, 0.5) is 18.2 Å². The molecule has 0 spiro atoms. The van der Waals surface area contributed by atoms with Gasteiger partial charge in [-0.2, -0.15) is 18.3 Å². The zero-order chi connectivity index (χ0) is 25.7. The molecule has 1 unspecified atom stereocenters. The molecule has 1 amide bonds. The molecule has 3 aromatic heterocycles. The van der Waals surface area contributed by atoms with Crippen molar-refractivity contribution in [2.45, 2.75) is 32.1 Å². The first-order valence-electron chi connectivity index (χ1n) is 12.1. The Morgan fingerprint density at radius 3 is 2.81 bits per heavy atom. The van der Waals surface area contributed by atoms with Crippen LogP contribution < -0.4 is 4.90 Å². The van der Waals surface area contributed by atoms with Gasteiger partial charge in [-0.3, -0.25) is 14.8 Å². The van der Waals surface area contributed by atoms with Gasteiger partial charge in [0.25, 0.3) is 0 Å². The maximum Gasteiger partial charge on any atom is 0.443 e. The van der Waals surface area contributed by atoms with E-state index in [0.29, 0.717) is 60.4 Å². The number of nitrogens with one attached hydrogen (secondary N) is 2. The predicted octanol–water partition coefficient (Wildman–Crippen LogP) is 3.52. The molecule has 1 fully saturated rings. The van der Waals surface area contributed by atoms with E-state index in [0.717, 1.165) is 29.7 Å². The third-order valence-electron chi connectivity index (χ3n) is 6.94. The second-order valence-electron chi connectivity index (χ2n) is 9.49. The Bertz CT molecular complexity index is 1410. The van der Waals surface area contributed by atoms with Crippen molar-refractivity contribution >= 4 is 33.3 Å². The number of alkyl halides is 3. The van der Waals surface area contributed by atoms with Gasteiger partial charge in [-0.15, -0.1) is 0 Å². The van der Waals surface area contributed by atoms with E-state index in [1.54, 1.807) is 12.3 Å². The lowest BCUT2D eigenvalue weighted by Gasteiger charge is -2.41. The number of imidazole rings is 1. The van der Waals surface area contributed by atoms with Gasteiger partial charge < -0.3 is 14.8 Å². The largest absolute Gasteiger partial charge is 0.443 e. The molecule has 0 aliphatic carbocycles. The number of nitrogens with zero attached hydrogens (tertiary/aromatic N) is 6. The van der Waals surface area contributed by atoms with E-state index in [1.165, 1.54) is 0 Å². The molecule has 9 nitrogen and oxygen atoms in total. The molecule has 5 heterocycles. The van der Waals surface area contributed by atoms with E-state index in [4.69, 9.17) is 0 Å². The third kappa shape index (κ3) is 4.57. The number of benzene rings is 1. The van der Waals surface area contributed by atoms with Crippen LogP contribution in [-0.4, -0.2) is 79.6 Å². The van der Waals surface area contributed by atoms with Gasteiger partial charge in [0.1, 0.15) is 10.7 Å². The fraction of sp³-hybridized carbons (Fsp3) is 0.417. The predicted molar refractivity (Wildman–Crippen MR) is 133 cm³/mol. The highest BCUT2D eigenvalue weighted by atomic mass is 32.1. The molecule has 2 N–H and O–H groups in total. The normalized spacial score (nSPS) is 19.0. The summed E-state index contributed by atoms with van der Waals surface area (Å²) in [6.07, 6.45) is -1.93. The summed E-state index contributed by atoms with van der Waals surface area (Å²) in [4.78, 5) is 30.5. The summed E-state index contributed by atoms with van der Waals surface area (Å²) in [7, 11) is 0. The van der Waals surface area contributed by atoms with Crippen LogP contribution in [-0.2, 0) is 23.9 Å². The first-order chi connectivity index (χ1) is 17.8. The zero-order valence-electron chi connectivity index (χ0n) is 20.0. The van der Waals surface area contributed by atoms with Crippen LogP contribution in [0.5, 0.6) is 0 Å². The Kier molecular flexibility index (Phi) is 5.91. The van der Waals surface area contributed by atoms with Gasteiger partial charge in [0.05, 0.1) is 23.8 Å². The quantitative estimate of drug-likeness (QED) is 0.419. The lowest BCUT2D eigenvalue weighted by molar-refractivity contribution is -0.137. The number of piperazine rings is 1. The summed E-state index contributed by atoms with van der Waals surface area (Å²) in [5.74, 6) is 0.328. The Hall–Kier alpha value is -3.45. The highest BCUT2D eigenvalue weighted by molar-refractivity contribution is 7.16. The Morgan fingerprint density at radius 1 is 1.19 bits per heavy atom. The van der Waals surface area contributed by atoms with Crippen molar-refractivity contribution in [3.05, 3.63) is 46.7 Å². The summed E-state index contributed by atoms with van der Waals surface area (Å²) in [6.45, 7) is 4.92. The van der Waals surface area contributed by atoms with Gasteiger partial charge >= 0.3 is 6.18 Å². The molecule has 2 aliphatic heterocycles. The molecular formula is C24H25F3N8OS. The molecule has 4 aromatic rings. The van der Waals surface area contributed by atoms with Crippen molar-refractivity contribution in [3.8, 4) is 11.5 Å². The number of fused-ring (bicyclic) bond motifs is 2. The topological polar surface area (TPSA) is 97.0 Å². The average Bonchev–Trinajstić information content (AvgIpc) is 3.60. The molecule has 37 heavy (non-hydrogen) atoms. The van der Waals surface area contributed by atoms with Crippen molar-refractivity contribution < 1.29 is 18.0 Å². The fourth-order valence-electron chi connectivity index (χ4n) is 5.08. The molecule has 0 saturated carbocycles. The van der Waals surface area contributed by atoms with E-state index in [-0.39, 0.29) is 17.6 Å². The van der Waals surface area contributed by atoms with Crippen LogP contribution in [0.1, 0.15) is 23.2 Å². The minimum Gasteiger partial charge on any atom is -0.358 e. The Balaban J connectivity index is 1.20. The third-order valence-corrected chi connectivity index (χ3v) is 8.10. The van der Waals surface area contributed by atoms with E-state index >= 15 is 0 Å². The van der Waals surface area contributed by atoms with E-state index < -0.39 is 11.2 Å². The highest BCUT2D eigenvalue weighted by Crippen LogP contribution is 2.42. The number of halogens is 3. The Labute approximate surface area is 214 Å². The number of rotatable bonds is 4. The van der Waals surface area contributed by atoms with Crippen LogP contribution in [0.15, 0.2) is 30.5 Å². The molecule has 6 rings (SSSR count). The molecule has 1 atom stereocenters. The number of amides is 1. The summed E-state index contributed by atoms with van der Waals surface area (Å²) in [6, 6.07) is 7.12. The highest BCUT2D eigenvalue weighted by Gasteiger charge is 2.39. The molecule has 1 saturated heterocycles. The number of carbonyl (C=O) groups excluding carboxylic acids is 1. The number of H-pyrrole nitrogens is 2. The van der Waals surface area contributed by atoms with Crippen LogP contribution >= 0.6 is 11.3 Å². The summed E-state index contributed by atoms with van der Waals surface area (Å²) in [5, 5.41) is 6.58. The van der Waals surface area contributed by atoms with Crippen LogP contribution in [0.25, 0.3) is 22.6 Å². The van der Waals surface area contributed by atoms with Crippen LogP contribution in [0, 0.1) is 0 Å². The van der Waals surface area contributed by atoms with Gasteiger partial charge in [-0.25, -0.2) is 9.97 Å². The molecule has 194 valence electrons. The number of thiazole rings is 1. The fourth-order valence-corrected chi connectivity index (χ4v) is 6.05. The minimum absolute atomic E-state index is 0.0249. The van der Waals surface area contributed by atoms with Crippen LogP contribution in [0.2, 0.25) is 0 Å². The first-order valence-corrected chi connectivity index (χ1v) is 12.9. The SMILES string of the molecule is CC1CN(c2sc(C(F)(F)F)nc2-c2nc3ccccc3[nH]2)CCN1C(=O)CN1CCc2[nH]ncc2C1. The van der Waals surface area contributed by atoms with Crippen molar-refractivity contribution in [1.29, 1.82) is 0 Å². The van der Waals surface area contributed by atoms with Crippen molar-refractivity contribution in [1.82, 2.24) is 34.9 Å². The molecule has 1 aromatic carbocycles. The number of carbonyl (C=O) groups is 1. The second kappa shape index (κ2) is 9.14. The van der Waals surface area contributed by atoms with Gasteiger partial charge in [0.15, 0.2) is 5.82 Å². The van der Waals surface area contributed by atoms with E-state index in [2.05, 4.69) is 30.0 Å². The molecule has 13 heteroatoms. The molecule has 0 radical (unpaired) electrons. The number of aromatic nitrogens is 5. The summed E-state index contributed by atoms with van der Waals surface area (Å²) < 4.78 is 40.9. The monoisotopic (exact) mass is 530 g/mol. The lowest BCUT2D eigenvalue weighted by atomic mass is 10.1. The maximum atomic E-state index is 13.6. The maximum absolute atomic E-state index is 13.6. The van der Waals surface area contributed by atoms with Gasteiger partial charge in [0.2, 0.25) is 10.9 Å². The van der Waals surface area contributed by atoms with Gasteiger partial charge in [-0.1, -0.05) is 23.5 Å². The molecule has 2 aliphatic rings. The van der Waals surface area contributed by atoms with E-state index in [9.17, 15) is 18.0 Å². The minimum atomic E-state index is -4.56. The van der Waals surface area contributed by atoms with Crippen molar-refractivity contribution in [2.75, 3.05) is 37.6 Å². The Morgan fingerprint density at radius 2 is 2.03 bits per heavy atom. The number of para-hydroxylation sites is 2. The van der Waals surface area contributed by atoms with Crippen molar-refractivity contribution in [2.24, 2.45) is 0 Å². The summed E-state index contributed by atoms with van der Waals surface area (Å²) in [5.41, 5.74) is 3.81. The number of anilines is 1. The second-order valence-corrected chi connectivity index (χ2v) is 10.5.